The summed E-state index contributed by atoms with van der Waals surface area (Å²) in [5.74, 6) is -1.63. The van der Waals surface area contributed by atoms with E-state index in [-0.39, 0.29) is 17.5 Å². The van der Waals surface area contributed by atoms with Crippen LogP contribution in [0.3, 0.4) is 0 Å². The second-order valence-corrected chi connectivity index (χ2v) is 9.08. The molecule has 2 heterocycles. The molecule has 34 heavy (non-hydrogen) atoms. The van der Waals surface area contributed by atoms with E-state index in [9.17, 15) is 27.6 Å². The van der Waals surface area contributed by atoms with Gasteiger partial charge in [-0.05, 0) is 30.9 Å². The smallest absolute Gasteiger partial charge is 0.349 e. The predicted molar refractivity (Wildman–Crippen MR) is 121 cm³/mol. The number of pyridine rings is 2. The summed E-state index contributed by atoms with van der Waals surface area (Å²) in [5, 5.41) is 1.91. The van der Waals surface area contributed by atoms with Gasteiger partial charge in [-0.25, -0.2) is 0 Å². The molecule has 1 aliphatic rings. The Morgan fingerprint density at radius 2 is 1.82 bits per heavy atom. The van der Waals surface area contributed by atoms with Crippen LogP contribution in [0.2, 0.25) is 0 Å². The first-order valence-electron chi connectivity index (χ1n) is 11.3. The zero-order valence-electron chi connectivity index (χ0n) is 19.4. The van der Waals surface area contributed by atoms with Gasteiger partial charge in [0.05, 0.1) is 5.69 Å². The summed E-state index contributed by atoms with van der Waals surface area (Å²) >= 11 is 0. The summed E-state index contributed by atoms with van der Waals surface area (Å²) < 4.78 is 42.9. The van der Waals surface area contributed by atoms with Crippen molar-refractivity contribution in [2.24, 2.45) is 5.92 Å². The van der Waals surface area contributed by atoms with Crippen molar-refractivity contribution in [3.8, 4) is 0 Å². The molecule has 0 aliphatic heterocycles. The number of hydrogen-bond donors (Lipinski definition) is 1. The largest absolute Gasteiger partial charge is 0.414 e. The highest BCUT2D eigenvalue weighted by Gasteiger charge is 2.43. The molecular formula is C24H29F3N4O3. The van der Waals surface area contributed by atoms with E-state index in [0.717, 1.165) is 31.7 Å². The number of rotatable bonds is 7. The molecule has 7 nitrogen and oxygen atoms in total. The summed E-state index contributed by atoms with van der Waals surface area (Å²) in [5.41, 5.74) is -2.03. The molecule has 1 N–H and O–H groups in total. The fourth-order valence-corrected chi connectivity index (χ4v) is 4.24. The molecule has 0 bridgehead atoms. The average molecular weight is 479 g/mol. The number of hydrogen-bond acceptors (Lipinski definition) is 4. The van der Waals surface area contributed by atoms with E-state index in [4.69, 9.17) is 0 Å². The zero-order valence-corrected chi connectivity index (χ0v) is 19.4. The second-order valence-electron chi connectivity index (χ2n) is 9.08. The number of alkyl halides is 3. The van der Waals surface area contributed by atoms with Crippen molar-refractivity contribution in [1.82, 2.24) is 19.8 Å². The average Bonchev–Trinajstić information content (AvgIpc) is 3.31. The van der Waals surface area contributed by atoms with Gasteiger partial charge in [-0.1, -0.05) is 32.8 Å². The topological polar surface area (TPSA) is 84.3 Å². The van der Waals surface area contributed by atoms with Crippen LogP contribution in [-0.2, 0) is 0 Å². The summed E-state index contributed by atoms with van der Waals surface area (Å²) in [6.45, 7) is 4.21. The number of amides is 2. The first kappa shape index (κ1) is 25.5. The lowest BCUT2D eigenvalue weighted by Crippen LogP contribution is -2.42. The van der Waals surface area contributed by atoms with E-state index in [1.54, 1.807) is 11.6 Å². The van der Waals surface area contributed by atoms with Crippen molar-refractivity contribution < 1.29 is 22.8 Å². The molecule has 184 valence electrons. The fourth-order valence-electron chi connectivity index (χ4n) is 4.24. The highest BCUT2D eigenvalue weighted by molar-refractivity contribution is 5.99. The molecule has 0 radical (unpaired) electrons. The Morgan fingerprint density at radius 1 is 1.18 bits per heavy atom. The highest BCUT2D eigenvalue weighted by atomic mass is 19.4. The Labute approximate surface area is 196 Å². The molecule has 2 aromatic heterocycles. The van der Waals surface area contributed by atoms with E-state index < -0.39 is 40.7 Å². The number of halogens is 3. The van der Waals surface area contributed by atoms with Gasteiger partial charge in [0, 0.05) is 38.2 Å². The molecule has 0 aromatic carbocycles. The number of nitrogens with one attached hydrogen (secondary N) is 1. The highest BCUT2D eigenvalue weighted by Crippen LogP contribution is 2.32. The van der Waals surface area contributed by atoms with Crippen LogP contribution in [0.5, 0.6) is 0 Å². The monoisotopic (exact) mass is 478 g/mol. The second kappa shape index (κ2) is 10.4. The Balaban J connectivity index is 2.03. The van der Waals surface area contributed by atoms with Crippen LogP contribution in [-0.4, -0.2) is 46.0 Å². The molecule has 2 amide bonds. The van der Waals surface area contributed by atoms with Gasteiger partial charge in [0.15, 0.2) is 6.04 Å². The lowest BCUT2D eigenvalue weighted by atomic mass is 10.1. The maximum absolute atomic E-state index is 13.7. The minimum atomic E-state index is -4.83. The summed E-state index contributed by atoms with van der Waals surface area (Å²) in [4.78, 5) is 44.3. The quantitative estimate of drug-likeness (QED) is 0.649. The van der Waals surface area contributed by atoms with Crippen molar-refractivity contribution in [2.45, 2.75) is 57.8 Å². The van der Waals surface area contributed by atoms with E-state index >= 15 is 0 Å². The molecule has 1 atom stereocenters. The Hall–Kier alpha value is -3.17. The first-order chi connectivity index (χ1) is 16.0. The summed E-state index contributed by atoms with van der Waals surface area (Å²) in [6, 6.07) is 1.55. The predicted octanol–water partition coefficient (Wildman–Crippen LogP) is 4.12. The minimum absolute atomic E-state index is 0.0386. The van der Waals surface area contributed by atoms with Gasteiger partial charge >= 0.3 is 6.18 Å². The van der Waals surface area contributed by atoms with Crippen LogP contribution in [0.25, 0.3) is 0 Å². The fraction of sp³-hybridized carbons (Fsp3) is 0.500. The number of aromatic nitrogens is 2. The van der Waals surface area contributed by atoms with Gasteiger partial charge < -0.3 is 14.8 Å². The zero-order chi connectivity index (χ0) is 25.0. The van der Waals surface area contributed by atoms with Gasteiger partial charge in [0.25, 0.3) is 11.8 Å². The van der Waals surface area contributed by atoms with Gasteiger partial charge in [-0.15, -0.1) is 0 Å². The molecule has 0 spiro atoms. The summed E-state index contributed by atoms with van der Waals surface area (Å²) in [6.07, 6.45) is 2.52. The van der Waals surface area contributed by atoms with Crippen molar-refractivity contribution in [2.75, 3.05) is 13.6 Å². The third-order valence-electron chi connectivity index (χ3n) is 5.84. The van der Waals surface area contributed by atoms with Crippen LogP contribution in [0.4, 0.5) is 13.2 Å². The molecule has 10 heteroatoms. The maximum atomic E-state index is 13.7. The normalized spacial score (nSPS) is 15.4. The first-order valence-corrected chi connectivity index (χ1v) is 11.3. The number of carbonyl (C=O) groups excluding carboxylic acids is 2. The van der Waals surface area contributed by atoms with Crippen molar-refractivity contribution in [1.29, 1.82) is 0 Å². The number of carbonyl (C=O) groups is 2. The molecular weight excluding hydrogens is 449 g/mol. The van der Waals surface area contributed by atoms with E-state index in [1.165, 1.54) is 35.6 Å². The SMILES string of the molecule is CC(C)CN(C)C(=O)c1cn(C2CCCC2)cc(C(=O)N[C@@H](c2ccccn2)C(F)(F)F)c1=O. The third-order valence-corrected chi connectivity index (χ3v) is 5.84. The van der Waals surface area contributed by atoms with E-state index in [1.807, 2.05) is 19.2 Å². The molecule has 1 aliphatic carbocycles. The van der Waals surface area contributed by atoms with E-state index in [2.05, 4.69) is 4.98 Å². The summed E-state index contributed by atoms with van der Waals surface area (Å²) in [7, 11) is 1.55. The van der Waals surface area contributed by atoms with Crippen molar-refractivity contribution >= 4 is 11.8 Å². The molecule has 2 aromatic rings. The molecule has 0 saturated heterocycles. The standard InChI is InChI=1S/C24H29F3N4O3/c1-15(2)12-30(3)23(34)18-14-31(16-8-4-5-9-16)13-17(20(18)32)22(33)29-21(24(25,26)27)19-10-6-7-11-28-19/h6-7,10-11,13-16,21H,4-5,8-9,12H2,1-3H3,(H,29,33)/t21-/m0/s1. The lowest BCUT2D eigenvalue weighted by Gasteiger charge is -2.23. The van der Waals surface area contributed by atoms with Crippen molar-refractivity contribution in [3.63, 3.8) is 0 Å². The van der Waals surface area contributed by atoms with Crippen LogP contribution < -0.4 is 10.7 Å². The number of nitrogens with zero attached hydrogens (tertiary/aromatic N) is 3. The van der Waals surface area contributed by atoms with Crippen LogP contribution in [0, 0.1) is 5.92 Å². The Bertz CT molecular complexity index is 1080. The van der Waals surface area contributed by atoms with Crippen molar-refractivity contribution in [3.05, 3.63) is 63.8 Å². The van der Waals surface area contributed by atoms with Crippen LogP contribution >= 0.6 is 0 Å². The third kappa shape index (κ3) is 5.84. The van der Waals surface area contributed by atoms with Gasteiger partial charge in [-0.2, -0.15) is 13.2 Å². The van der Waals surface area contributed by atoms with Gasteiger partial charge in [0.2, 0.25) is 5.43 Å². The van der Waals surface area contributed by atoms with Gasteiger partial charge in [0.1, 0.15) is 11.1 Å². The molecule has 1 saturated carbocycles. The van der Waals surface area contributed by atoms with Gasteiger partial charge in [-0.3, -0.25) is 19.4 Å². The van der Waals surface area contributed by atoms with E-state index in [0.29, 0.717) is 6.54 Å². The maximum Gasteiger partial charge on any atom is 0.414 e. The van der Waals surface area contributed by atoms with Crippen LogP contribution in [0.1, 0.15) is 78.0 Å². The molecule has 1 fully saturated rings. The Kier molecular flexibility index (Phi) is 7.78. The Morgan fingerprint density at radius 3 is 2.38 bits per heavy atom. The molecule has 0 unspecified atom stereocenters. The minimum Gasteiger partial charge on any atom is -0.349 e. The molecule has 3 rings (SSSR count). The lowest BCUT2D eigenvalue weighted by molar-refractivity contribution is -0.156. The van der Waals surface area contributed by atoms with Crippen LogP contribution in [0.15, 0.2) is 41.6 Å².